The number of amides is 5. The van der Waals surface area contributed by atoms with Crippen molar-refractivity contribution >= 4 is 35.5 Å². The standard InChI is InChI=1S/C28H53N7O7/c1-7-17(6)23(35-25(38)19(10-8-9-13-29)32-24(37)18(30)14-15(2)3)27(40)34-22(16(4)5)26(39)33-20(28(41)42)11-12-21(31)36/h15-20,22-23H,7-14,29-30H2,1-6H3,(H2,31,36)(H,32,37)(H,33,39)(H,34,40)(H,35,38)(H,41,42)/t17-,18-,19-,20-,22-,23-/m0/s1. The number of carbonyl (C=O) groups is 6. The van der Waals surface area contributed by atoms with Crippen LogP contribution in [0.4, 0.5) is 0 Å². The summed E-state index contributed by atoms with van der Waals surface area (Å²) in [6, 6.07) is -5.32. The number of carboxylic acids is 1. The molecule has 5 amide bonds. The maximum Gasteiger partial charge on any atom is 0.326 e. The summed E-state index contributed by atoms with van der Waals surface area (Å²) in [5, 5.41) is 19.9. The monoisotopic (exact) mass is 599 g/mol. The van der Waals surface area contributed by atoms with Crippen molar-refractivity contribution in [1.82, 2.24) is 21.3 Å². The third kappa shape index (κ3) is 14.6. The number of hydrogen-bond donors (Lipinski definition) is 8. The smallest absolute Gasteiger partial charge is 0.326 e. The van der Waals surface area contributed by atoms with Crippen LogP contribution in [-0.4, -0.2) is 77.4 Å². The molecule has 0 aliphatic heterocycles. The van der Waals surface area contributed by atoms with Gasteiger partial charge in [0.05, 0.1) is 6.04 Å². The van der Waals surface area contributed by atoms with Crippen LogP contribution in [0.5, 0.6) is 0 Å². The number of primary amides is 1. The highest BCUT2D eigenvalue weighted by Crippen LogP contribution is 2.13. The maximum absolute atomic E-state index is 13.5. The normalized spacial score (nSPS) is 15.6. The van der Waals surface area contributed by atoms with Crippen LogP contribution >= 0.6 is 0 Å². The molecule has 0 aliphatic rings. The Hall–Kier alpha value is -3.26. The molecule has 0 saturated carbocycles. The zero-order chi connectivity index (χ0) is 32.6. The van der Waals surface area contributed by atoms with Gasteiger partial charge in [-0.3, -0.25) is 24.0 Å². The summed E-state index contributed by atoms with van der Waals surface area (Å²) in [6.07, 6.45) is 1.97. The van der Waals surface area contributed by atoms with Crippen molar-refractivity contribution in [2.75, 3.05) is 6.54 Å². The van der Waals surface area contributed by atoms with E-state index >= 15 is 0 Å². The maximum atomic E-state index is 13.5. The van der Waals surface area contributed by atoms with E-state index in [4.69, 9.17) is 17.2 Å². The number of carboxylic acid groups (broad SMARTS) is 1. The molecule has 0 radical (unpaired) electrons. The van der Waals surface area contributed by atoms with Crippen molar-refractivity contribution in [2.45, 2.75) is 117 Å². The summed E-state index contributed by atoms with van der Waals surface area (Å²) in [6.45, 7) is 11.2. The van der Waals surface area contributed by atoms with Crippen molar-refractivity contribution in [3.05, 3.63) is 0 Å². The molecule has 0 saturated heterocycles. The van der Waals surface area contributed by atoms with Crippen LogP contribution in [0.15, 0.2) is 0 Å². The first-order chi connectivity index (χ1) is 19.5. The number of hydrogen-bond acceptors (Lipinski definition) is 8. The molecule has 0 aromatic heterocycles. The van der Waals surface area contributed by atoms with E-state index in [-0.39, 0.29) is 31.1 Å². The molecule has 0 fully saturated rings. The van der Waals surface area contributed by atoms with E-state index in [1.165, 1.54) is 0 Å². The highest BCUT2D eigenvalue weighted by molar-refractivity contribution is 5.95. The third-order valence-corrected chi connectivity index (χ3v) is 6.98. The van der Waals surface area contributed by atoms with E-state index in [9.17, 15) is 33.9 Å². The van der Waals surface area contributed by atoms with Crippen molar-refractivity contribution < 1.29 is 33.9 Å². The van der Waals surface area contributed by atoms with E-state index in [1.54, 1.807) is 20.8 Å². The van der Waals surface area contributed by atoms with Crippen LogP contribution in [0.25, 0.3) is 0 Å². The Bertz CT molecular complexity index is 913. The number of nitrogens with two attached hydrogens (primary N) is 3. The number of nitrogens with one attached hydrogen (secondary N) is 4. The van der Waals surface area contributed by atoms with Gasteiger partial charge in [0, 0.05) is 6.42 Å². The van der Waals surface area contributed by atoms with Crippen LogP contribution in [0.3, 0.4) is 0 Å². The number of rotatable bonds is 21. The van der Waals surface area contributed by atoms with Gasteiger partial charge in [-0.2, -0.15) is 0 Å². The lowest BCUT2D eigenvalue weighted by molar-refractivity contribution is -0.143. The van der Waals surface area contributed by atoms with Crippen molar-refractivity contribution in [3.8, 4) is 0 Å². The molecule has 242 valence electrons. The summed E-state index contributed by atoms with van der Waals surface area (Å²) < 4.78 is 0. The molecule has 14 nitrogen and oxygen atoms in total. The zero-order valence-corrected chi connectivity index (χ0v) is 25.9. The van der Waals surface area contributed by atoms with Gasteiger partial charge in [-0.05, 0) is 56.4 Å². The fourth-order valence-corrected chi connectivity index (χ4v) is 4.19. The summed E-state index contributed by atoms with van der Waals surface area (Å²) in [7, 11) is 0. The predicted octanol–water partition coefficient (Wildman–Crippen LogP) is -0.520. The second-order valence-corrected chi connectivity index (χ2v) is 11.6. The van der Waals surface area contributed by atoms with Gasteiger partial charge in [0.15, 0.2) is 0 Å². The molecule has 0 bridgehead atoms. The lowest BCUT2D eigenvalue weighted by Gasteiger charge is -2.30. The fraction of sp³-hybridized carbons (Fsp3) is 0.786. The Morgan fingerprint density at radius 2 is 1.29 bits per heavy atom. The SMILES string of the molecule is CC[C@H](C)[C@H](NC(=O)[C@H](CCCCN)NC(=O)[C@@H](N)CC(C)C)C(=O)N[C@H](C(=O)N[C@@H](CCC(N)=O)C(=O)O)C(C)C. The Balaban J connectivity index is 5.83. The van der Waals surface area contributed by atoms with Gasteiger partial charge in [-0.15, -0.1) is 0 Å². The summed E-state index contributed by atoms with van der Waals surface area (Å²) >= 11 is 0. The van der Waals surface area contributed by atoms with Gasteiger partial charge in [-0.1, -0.05) is 48.0 Å². The highest BCUT2D eigenvalue weighted by atomic mass is 16.4. The molecule has 6 atom stereocenters. The largest absolute Gasteiger partial charge is 0.480 e. The summed E-state index contributed by atoms with van der Waals surface area (Å²) in [5.74, 6) is -5.12. The van der Waals surface area contributed by atoms with Gasteiger partial charge in [-0.25, -0.2) is 4.79 Å². The molecule has 0 aliphatic carbocycles. The molecule has 0 aromatic carbocycles. The second kappa shape index (κ2) is 19.8. The fourth-order valence-electron chi connectivity index (χ4n) is 4.19. The van der Waals surface area contributed by atoms with Crippen LogP contribution in [0, 0.1) is 17.8 Å². The molecule has 0 unspecified atom stereocenters. The molecular formula is C28H53N7O7. The van der Waals surface area contributed by atoms with Gasteiger partial charge in [0.2, 0.25) is 29.5 Å². The number of aliphatic carboxylic acids is 1. The van der Waals surface area contributed by atoms with Gasteiger partial charge in [0.1, 0.15) is 24.2 Å². The number of carbonyl (C=O) groups excluding carboxylic acids is 5. The molecule has 0 rings (SSSR count). The Labute approximate surface area is 249 Å². The molecule has 0 heterocycles. The Kier molecular flexibility index (Phi) is 18.3. The molecular weight excluding hydrogens is 546 g/mol. The van der Waals surface area contributed by atoms with Gasteiger partial charge in [0.25, 0.3) is 0 Å². The van der Waals surface area contributed by atoms with E-state index in [0.29, 0.717) is 32.2 Å². The van der Waals surface area contributed by atoms with Crippen LogP contribution in [0.2, 0.25) is 0 Å². The first-order valence-corrected chi connectivity index (χ1v) is 14.7. The second-order valence-electron chi connectivity index (χ2n) is 11.6. The van der Waals surface area contributed by atoms with Crippen LogP contribution < -0.4 is 38.5 Å². The molecule has 0 aromatic rings. The van der Waals surface area contributed by atoms with Gasteiger partial charge >= 0.3 is 5.97 Å². The lowest BCUT2D eigenvalue weighted by Crippen LogP contribution is -2.60. The average molecular weight is 600 g/mol. The minimum absolute atomic E-state index is 0.175. The average Bonchev–Trinajstić information content (AvgIpc) is 2.90. The first-order valence-electron chi connectivity index (χ1n) is 14.7. The first kappa shape index (κ1) is 38.7. The van der Waals surface area contributed by atoms with Crippen LogP contribution in [-0.2, 0) is 28.8 Å². The number of unbranched alkanes of at least 4 members (excludes halogenated alkanes) is 1. The van der Waals surface area contributed by atoms with E-state index in [1.807, 2.05) is 20.8 Å². The highest BCUT2D eigenvalue weighted by Gasteiger charge is 2.34. The van der Waals surface area contributed by atoms with Crippen molar-refractivity contribution in [3.63, 3.8) is 0 Å². The molecule has 42 heavy (non-hydrogen) atoms. The van der Waals surface area contributed by atoms with Crippen molar-refractivity contribution in [2.24, 2.45) is 35.0 Å². The van der Waals surface area contributed by atoms with E-state index in [0.717, 1.165) is 0 Å². The topological polar surface area (TPSA) is 249 Å². The Morgan fingerprint density at radius 1 is 0.738 bits per heavy atom. The Morgan fingerprint density at radius 3 is 1.76 bits per heavy atom. The van der Waals surface area contributed by atoms with E-state index < -0.39 is 71.6 Å². The minimum Gasteiger partial charge on any atom is -0.480 e. The predicted molar refractivity (Wildman–Crippen MR) is 158 cm³/mol. The van der Waals surface area contributed by atoms with E-state index in [2.05, 4.69) is 21.3 Å². The third-order valence-electron chi connectivity index (χ3n) is 6.98. The zero-order valence-electron chi connectivity index (χ0n) is 25.9. The summed E-state index contributed by atoms with van der Waals surface area (Å²) in [5.41, 5.74) is 16.7. The quantitative estimate of drug-likeness (QED) is 0.0789. The lowest BCUT2D eigenvalue weighted by atomic mass is 9.95. The van der Waals surface area contributed by atoms with Crippen LogP contribution in [0.1, 0.15) is 86.5 Å². The molecule has 11 N–H and O–H groups in total. The van der Waals surface area contributed by atoms with Crippen molar-refractivity contribution in [1.29, 1.82) is 0 Å². The molecule has 0 spiro atoms. The summed E-state index contributed by atoms with van der Waals surface area (Å²) in [4.78, 5) is 75.3. The molecule has 14 heteroatoms. The van der Waals surface area contributed by atoms with Gasteiger partial charge < -0.3 is 43.6 Å². The minimum atomic E-state index is -1.38.